The highest BCUT2D eigenvalue weighted by Crippen LogP contribution is 2.25. The van der Waals surface area contributed by atoms with Crippen LogP contribution < -0.4 is 5.32 Å². The Balaban J connectivity index is 1.32. The van der Waals surface area contributed by atoms with E-state index in [2.05, 4.69) is 44.8 Å². The average molecular weight is 337 g/mol. The summed E-state index contributed by atoms with van der Waals surface area (Å²) in [6.07, 6.45) is 6.69. The maximum absolute atomic E-state index is 12.5. The lowest BCUT2D eigenvalue weighted by Gasteiger charge is -2.32. The molecule has 6 heteroatoms. The van der Waals surface area contributed by atoms with E-state index in [0.717, 1.165) is 43.6 Å². The molecule has 0 radical (unpaired) electrons. The zero-order valence-corrected chi connectivity index (χ0v) is 14.2. The maximum atomic E-state index is 12.5. The largest absolute Gasteiger partial charge is 0.361 e. The zero-order valence-electron chi connectivity index (χ0n) is 14.2. The van der Waals surface area contributed by atoms with Crippen LogP contribution in [-0.4, -0.2) is 45.7 Å². The van der Waals surface area contributed by atoms with Crippen LogP contribution in [-0.2, 0) is 6.42 Å². The first-order valence-corrected chi connectivity index (χ1v) is 8.88. The fourth-order valence-electron chi connectivity index (χ4n) is 3.69. The summed E-state index contributed by atoms with van der Waals surface area (Å²) in [5, 5.41) is 11.4. The molecule has 0 unspecified atom stereocenters. The van der Waals surface area contributed by atoms with Crippen LogP contribution in [0.5, 0.6) is 0 Å². The van der Waals surface area contributed by atoms with Crippen molar-refractivity contribution in [2.45, 2.75) is 25.2 Å². The van der Waals surface area contributed by atoms with E-state index < -0.39 is 0 Å². The number of carbonyl (C=O) groups excluding carboxylic acids is 1. The maximum Gasteiger partial charge on any atom is 0.317 e. The van der Waals surface area contributed by atoms with Crippen LogP contribution >= 0.6 is 0 Å². The molecule has 25 heavy (non-hydrogen) atoms. The predicted octanol–water partition coefficient (Wildman–Crippen LogP) is 3.02. The number of hydrogen-bond donors (Lipinski definition) is 3. The van der Waals surface area contributed by atoms with E-state index in [9.17, 15) is 4.79 Å². The molecular weight excluding hydrogens is 314 g/mol. The number of rotatable bonds is 4. The molecule has 1 fully saturated rings. The van der Waals surface area contributed by atoms with Gasteiger partial charge in [0.05, 0.1) is 0 Å². The Morgan fingerprint density at radius 3 is 3.16 bits per heavy atom. The van der Waals surface area contributed by atoms with Crippen molar-refractivity contribution in [3.63, 3.8) is 0 Å². The van der Waals surface area contributed by atoms with Crippen LogP contribution in [0.1, 0.15) is 30.0 Å². The predicted molar refractivity (Wildman–Crippen MR) is 97.5 cm³/mol. The van der Waals surface area contributed by atoms with Gasteiger partial charge in [0.15, 0.2) is 0 Å². The molecule has 3 aromatic rings. The molecule has 2 amide bonds. The van der Waals surface area contributed by atoms with Gasteiger partial charge in [-0.05, 0) is 43.0 Å². The number of likely N-dealkylation sites (tertiary alicyclic amines) is 1. The standard InChI is InChI=1S/C19H23N5O/c25-19(24-12-2-4-15(13-24)17-8-11-22-23-17)21-9-6-14-3-1-5-18-16(14)7-10-20-18/h1,3,5,7-8,10-11,15,20H,2,4,6,9,12-13H2,(H,21,25)(H,22,23)/t15-/m0/s1. The Labute approximate surface area is 146 Å². The first-order chi connectivity index (χ1) is 12.3. The van der Waals surface area contributed by atoms with Gasteiger partial charge in [-0.2, -0.15) is 5.10 Å². The van der Waals surface area contributed by atoms with Crippen molar-refractivity contribution in [3.05, 3.63) is 54.0 Å². The Morgan fingerprint density at radius 2 is 2.28 bits per heavy atom. The molecular formula is C19H23N5O. The van der Waals surface area contributed by atoms with Gasteiger partial charge in [-0.25, -0.2) is 4.79 Å². The molecule has 130 valence electrons. The molecule has 1 saturated heterocycles. The molecule has 1 atom stereocenters. The number of amides is 2. The third-order valence-electron chi connectivity index (χ3n) is 5.03. The lowest BCUT2D eigenvalue weighted by molar-refractivity contribution is 0.179. The van der Waals surface area contributed by atoms with Gasteiger partial charge in [0.1, 0.15) is 0 Å². The number of urea groups is 1. The number of aromatic nitrogens is 3. The first-order valence-electron chi connectivity index (χ1n) is 8.88. The number of nitrogens with one attached hydrogen (secondary N) is 3. The molecule has 1 aliphatic rings. The minimum atomic E-state index is 0.0328. The van der Waals surface area contributed by atoms with Gasteiger partial charge in [-0.1, -0.05) is 12.1 Å². The highest BCUT2D eigenvalue weighted by molar-refractivity contribution is 5.83. The van der Waals surface area contributed by atoms with Crippen LogP contribution in [0, 0.1) is 0 Å². The third-order valence-corrected chi connectivity index (χ3v) is 5.03. The van der Waals surface area contributed by atoms with Crippen LogP contribution in [0.25, 0.3) is 10.9 Å². The van der Waals surface area contributed by atoms with Crippen LogP contribution in [0.15, 0.2) is 42.7 Å². The van der Waals surface area contributed by atoms with Gasteiger partial charge >= 0.3 is 6.03 Å². The second-order valence-electron chi connectivity index (χ2n) is 6.64. The van der Waals surface area contributed by atoms with Crippen molar-refractivity contribution in [2.75, 3.05) is 19.6 Å². The molecule has 3 N–H and O–H groups in total. The summed E-state index contributed by atoms with van der Waals surface area (Å²) >= 11 is 0. The minimum Gasteiger partial charge on any atom is -0.361 e. The third kappa shape index (κ3) is 3.38. The Bertz CT molecular complexity index is 839. The highest BCUT2D eigenvalue weighted by atomic mass is 16.2. The molecule has 0 saturated carbocycles. The quantitative estimate of drug-likeness (QED) is 0.684. The first kappa shape index (κ1) is 15.7. The number of hydrogen-bond acceptors (Lipinski definition) is 2. The summed E-state index contributed by atoms with van der Waals surface area (Å²) in [6, 6.07) is 10.4. The second kappa shape index (κ2) is 7.01. The monoisotopic (exact) mass is 337 g/mol. The number of benzene rings is 1. The summed E-state index contributed by atoms with van der Waals surface area (Å²) in [5.41, 5.74) is 3.52. The minimum absolute atomic E-state index is 0.0328. The van der Waals surface area contributed by atoms with E-state index >= 15 is 0 Å². The lowest BCUT2D eigenvalue weighted by atomic mass is 9.95. The SMILES string of the molecule is O=C(NCCc1cccc2[nH]ccc12)N1CCC[C@H](c2ccn[nH]2)C1. The zero-order chi connectivity index (χ0) is 17.1. The number of aromatic amines is 2. The van der Waals surface area contributed by atoms with Crippen molar-refractivity contribution >= 4 is 16.9 Å². The molecule has 6 nitrogen and oxygen atoms in total. The molecule has 0 bridgehead atoms. The fourth-order valence-corrected chi connectivity index (χ4v) is 3.69. The van der Waals surface area contributed by atoms with E-state index in [-0.39, 0.29) is 6.03 Å². The summed E-state index contributed by atoms with van der Waals surface area (Å²) in [5.74, 6) is 0.357. The van der Waals surface area contributed by atoms with Crippen molar-refractivity contribution in [3.8, 4) is 0 Å². The van der Waals surface area contributed by atoms with Crippen molar-refractivity contribution in [1.29, 1.82) is 0 Å². The van der Waals surface area contributed by atoms with Gasteiger partial charge in [0.2, 0.25) is 0 Å². The molecule has 1 aromatic carbocycles. The molecule has 4 rings (SSSR count). The van der Waals surface area contributed by atoms with Gasteiger partial charge in [0, 0.05) is 54.5 Å². The molecule has 1 aliphatic heterocycles. The van der Waals surface area contributed by atoms with E-state index in [0.29, 0.717) is 12.5 Å². The summed E-state index contributed by atoms with van der Waals surface area (Å²) in [7, 11) is 0. The lowest BCUT2D eigenvalue weighted by Crippen LogP contribution is -2.45. The molecule has 2 aromatic heterocycles. The van der Waals surface area contributed by atoms with Crippen LogP contribution in [0.2, 0.25) is 0 Å². The van der Waals surface area contributed by atoms with Gasteiger partial charge in [-0.15, -0.1) is 0 Å². The smallest absolute Gasteiger partial charge is 0.317 e. The number of carbonyl (C=O) groups is 1. The Kier molecular flexibility index (Phi) is 4.41. The summed E-state index contributed by atoms with van der Waals surface area (Å²) in [6.45, 7) is 2.22. The van der Waals surface area contributed by atoms with E-state index in [1.807, 2.05) is 17.2 Å². The van der Waals surface area contributed by atoms with Gasteiger partial charge < -0.3 is 15.2 Å². The normalized spacial score (nSPS) is 17.8. The summed E-state index contributed by atoms with van der Waals surface area (Å²) in [4.78, 5) is 17.6. The van der Waals surface area contributed by atoms with Gasteiger partial charge in [0.25, 0.3) is 0 Å². The topological polar surface area (TPSA) is 76.8 Å². The Hall–Kier alpha value is -2.76. The summed E-state index contributed by atoms with van der Waals surface area (Å²) < 4.78 is 0. The van der Waals surface area contributed by atoms with E-state index in [1.54, 1.807) is 6.20 Å². The Morgan fingerprint density at radius 1 is 1.32 bits per heavy atom. The van der Waals surface area contributed by atoms with Crippen LogP contribution in [0.3, 0.4) is 0 Å². The fraction of sp³-hybridized carbons (Fsp3) is 0.368. The molecule has 3 heterocycles. The number of fused-ring (bicyclic) bond motifs is 1. The van der Waals surface area contributed by atoms with Crippen molar-refractivity contribution in [1.82, 2.24) is 25.4 Å². The molecule has 0 aliphatic carbocycles. The molecule has 0 spiro atoms. The van der Waals surface area contributed by atoms with E-state index in [4.69, 9.17) is 0 Å². The van der Waals surface area contributed by atoms with Crippen molar-refractivity contribution in [2.24, 2.45) is 0 Å². The highest BCUT2D eigenvalue weighted by Gasteiger charge is 2.25. The second-order valence-corrected chi connectivity index (χ2v) is 6.64. The number of nitrogens with zero attached hydrogens (tertiary/aromatic N) is 2. The number of H-pyrrole nitrogens is 2. The van der Waals surface area contributed by atoms with Crippen LogP contribution in [0.4, 0.5) is 4.79 Å². The van der Waals surface area contributed by atoms with Gasteiger partial charge in [-0.3, -0.25) is 5.10 Å². The van der Waals surface area contributed by atoms with E-state index in [1.165, 1.54) is 10.9 Å². The number of piperidine rings is 1. The average Bonchev–Trinajstić information content (AvgIpc) is 3.34. The van der Waals surface area contributed by atoms with Crippen molar-refractivity contribution < 1.29 is 4.79 Å².